The van der Waals surface area contributed by atoms with Crippen LogP contribution in [-0.2, 0) is 10.2 Å². The molecule has 0 aliphatic carbocycles. The van der Waals surface area contributed by atoms with Crippen molar-refractivity contribution in [3.63, 3.8) is 0 Å². The number of amides is 1. The summed E-state index contributed by atoms with van der Waals surface area (Å²) in [4.78, 5) is 18.4. The molecule has 0 spiro atoms. The molecule has 1 aliphatic heterocycles. The van der Waals surface area contributed by atoms with E-state index >= 15 is 0 Å². The second-order valence-corrected chi connectivity index (χ2v) is 7.65. The number of likely N-dealkylation sites (tertiary alicyclic amines) is 1. The number of aromatic nitrogens is 1. The van der Waals surface area contributed by atoms with E-state index in [9.17, 15) is 4.79 Å². The number of piperidine rings is 1. The van der Waals surface area contributed by atoms with Gasteiger partial charge in [-0.25, -0.2) is 4.79 Å². The van der Waals surface area contributed by atoms with Crippen molar-refractivity contribution in [3.05, 3.63) is 66.0 Å². The summed E-state index contributed by atoms with van der Waals surface area (Å²) in [6.45, 7) is 7.08. The Morgan fingerprint density at radius 3 is 2.12 bits per heavy atom. The highest BCUT2D eigenvalue weighted by molar-refractivity contribution is 5.68. The van der Waals surface area contributed by atoms with Crippen LogP contribution in [0.1, 0.15) is 44.7 Å². The van der Waals surface area contributed by atoms with E-state index in [2.05, 4.69) is 41.4 Å². The standard InChI is InChI=1S/C21H26N2O2/c1-20(2,3)25-19(24)23-15-11-21(12-16-23,17-7-5-4-6-8-17)18-9-13-22-14-10-18/h4-10,13-14H,11-12,15-16H2,1-3H3. The van der Waals surface area contributed by atoms with Crippen LogP contribution in [0.5, 0.6) is 0 Å². The van der Waals surface area contributed by atoms with Gasteiger partial charge in [0.1, 0.15) is 5.60 Å². The van der Waals surface area contributed by atoms with Gasteiger partial charge in [-0.3, -0.25) is 4.98 Å². The molecule has 0 saturated carbocycles. The third kappa shape index (κ3) is 3.84. The van der Waals surface area contributed by atoms with Gasteiger partial charge in [0, 0.05) is 30.9 Å². The number of carbonyl (C=O) groups is 1. The number of rotatable bonds is 2. The zero-order valence-electron chi connectivity index (χ0n) is 15.2. The average molecular weight is 338 g/mol. The summed E-state index contributed by atoms with van der Waals surface area (Å²) in [7, 11) is 0. The summed E-state index contributed by atoms with van der Waals surface area (Å²) in [5, 5.41) is 0. The Kier molecular flexibility index (Phi) is 4.80. The molecule has 2 heterocycles. The van der Waals surface area contributed by atoms with Gasteiger partial charge < -0.3 is 9.64 Å². The fourth-order valence-corrected chi connectivity index (χ4v) is 3.57. The van der Waals surface area contributed by atoms with Crippen LogP contribution < -0.4 is 0 Å². The molecule has 2 aromatic rings. The first-order valence-corrected chi connectivity index (χ1v) is 8.85. The summed E-state index contributed by atoms with van der Waals surface area (Å²) in [5.74, 6) is 0. The molecule has 132 valence electrons. The molecule has 25 heavy (non-hydrogen) atoms. The Morgan fingerprint density at radius 2 is 1.56 bits per heavy atom. The van der Waals surface area contributed by atoms with E-state index in [1.807, 2.05) is 44.1 Å². The smallest absolute Gasteiger partial charge is 0.410 e. The van der Waals surface area contributed by atoms with Crippen LogP contribution in [0.25, 0.3) is 0 Å². The number of benzene rings is 1. The Labute approximate surface area is 149 Å². The molecule has 0 N–H and O–H groups in total. The lowest BCUT2D eigenvalue weighted by Gasteiger charge is -2.42. The molecule has 1 saturated heterocycles. The van der Waals surface area contributed by atoms with E-state index in [-0.39, 0.29) is 11.5 Å². The maximum absolute atomic E-state index is 12.4. The fraction of sp³-hybridized carbons (Fsp3) is 0.429. The molecular weight excluding hydrogens is 312 g/mol. The summed E-state index contributed by atoms with van der Waals surface area (Å²) in [6, 6.07) is 14.8. The van der Waals surface area contributed by atoms with Gasteiger partial charge in [-0.05, 0) is 56.9 Å². The monoisotopic (exact) mass is 338 g/mol. The Morgan fingerprint density at radius 1 is 1.00 bits per heavy atom. The molecule has 1 fully saturated rings. The molecule has 1 aromatic heterocycles. The lowest BCUT2D eigenvalue weighted by Crippen LogP contribution is -2.47. The molecule has 1 aromatic carbocycles. The highest BCUT2D eigenvalue weighted by Gasteiger charge is 2.39. The first-order valence-electron chi connectivity index (χ1n) is 8.85. The number of hydrogen-bond acceptors (Lipinski definition) is 3. The molecule has 3 rings (SSSR count). The van der Waals surface area contributed by atoms with Crippen molar-refractivity contribution in [2.75, 3.05) is 13.1 Å². The predicted molar refractivity (Wildman–Crippen MR) is 98.5 cm³/mol. The van der Waals surface area contributed by atoms with Gasteiger partial charge in [-0.2, -0.15) is 0 Å². The van der Waals surface area contributed by atoms with Crippen molar-refractivity contribution < 1.29 is 9.53 Å². The van der Waals surface area contributed by atoms with Gasteiger partial charge in [-0.1, -0.05) is 30.3 Å². The molecule has 4 nitrogen and oxygen atoms in total. The zero-order valence-corrected chi connectivity index (χ0v) is 15.2. The third-order valence-corrected chi connectivity index (χ3v) is 4.83. The van der Waals surface area contributed by atoms with Crippen molar-refractivity contribution in [1.29, 1.82) is 0 Å². The summed E-state index contributed by atoms with van der Waals surface area (Å²) < 4.78 is 5.53. The lowest BCUT2D eigenvalue weighted by atomic mass is 9.68. The maximum Gasteiger partial charge on any atom is 0.410 e. The van der Waals surface area contributed by atoms with Crippen molar-refractivity contribution >= 4 is 6.09 Å². The Hall–Kier alpha value is -2.36. The average Bonchev–Trinajstić information content (AvgIpc) is 2.62. The van der Waals surface area contributed by atoms with Gasteiger partial charge in [-0.15, -0.1) is 0 Å². The van der Waals surface area contributed by atoms with E-state index in [0.717, 1.165) is 12.8 Å². The van der Waals surface area contributed by atoms with Gasteiger partial charge in [0.15, 0.2) is 0 Å². The van der Waals surface area contributed by atoms with E-state index in [1.54, 1.807) is 0 Å². The molecule has 4 heteroatoms. The minimum Gasteiger partial charge on any atom is -0.444 e. The number of carbonyl (C=O) groups excluding carboxylic acids is 1. The van der Waals surface area contributed by atoms with Gasteiger partial charge >= 0.3 is 6.09 Å². The van der Waals surface area contributed by atoms with Gasteiger partial charge in [0.25, 0.3) is 0 Å². The normalized spacial score (nSPS) is 17.2. The van der Waals surface area contributed by atoms with E-state index < -0.39 is 5.60 Å². The second-order valence-electron chi connectivity index (χ2n) is 7.65. The lowest BCUT2D eigenvalue weighted by molar-refractivity contribution is 0.0180. The van der Waals surface area contributed by atoms with Crippen LogP contribution in [-0.4, -0.2) is 34.7 Å². The SMILES string of the molecule is CC(C)(C)OC(=O)N1CCC(c2ccccc2)(c2ccncc2)CC1. The highest BCUT2D eigenvalue weighted by Crippen LogP contribution is 2.41. The van der Waals surface area contributed by atoms with Gasteiger partial charge in [0.05, 0.1) is 0 Å². The molecule has 0 unspecified atom stereocenters. The van der Waals surface area contributed by atoms with Gasteiger partial charge in [0.2, 0.25) is 0 Å². The molecule has 0 atom stereocenters. The largest absolute Gasteiger partial charge is 0.444 e. The van der Waals surface area contributed by atoms with Crippen molar-refractivity contribution in [2.45, 2.75) is 44.6 Å². The van der Waals surface area contributed by atoms with E-state index in [1.165, 1.54) is 11.1 Å². The van der Waals surface area contributed by atoms with Crippen molar-refractivity contribution in [3.8, 4) is 0 Å². The summed E-state index contributed by atoms with van der Waals surface area (Å²) in [6.07, 6.45) is 5.23. The first-order chi connectivity index (χ1) is 11.9. The molecule has 1 amide bonds. The number of ether oxygens (including phenoxy) is 1. The van der Waals surface area contributed by atoms with E-state index in [0.29, 0.717) is 13.1 Å². The minimum absolute atomic E-state index is 0.0806. The maximum atomic E-state index is 12.4. The molecule has 0 radical (unpaired) electrons. The van der Waals surface area contributed by atoms with Crippen LogP contribution >= 0.6 is 0 Å². The van der Waals surface area contributed by atoms with Crippen LogP contribution in [0, 0.1) is 0 Å². The summed E-state index contributed by atoms with van der Waals surface area (Å²) in [5.41, 5.74) is 2.02. The van der Waals surface area contributed by atoms with Crippen molar-refractivity contribution in [1.82, 2.24) is 9.88 Å². The van der Waals surface area contributed by atoms with E-state index in [4.69, 9.17) is 4.74 Å². The number of pyridine rings is 1. The number of nitrogens with zero attached hydrogens (tertiary/aromatic N) is 2. The topological polar surface area (TPSA) is 42.4 Å². The first kappa shape index (κ1) is 17.5. The van der Waals surface area contributed by atoms with Crippen LogP contribution in [0.3, 0.4) is 0 Å². The van der Waals surface area contributed by atoms with Crippen molar-refractivity contribution in [2.24, 2.45) is 0 Å². The molecule has 0 bridgehead atoms. The third-order valence-electron chi connectivity index (χ3n) is 4.83. The highest BCUT2D eigenvalue weighted by atomic mass is 16.6. The fourth-order valence-electron chi connectivity index (χ4n) is 3.57. The summed E-state index contributed by atoms with van der Waals surface area (Å²) >= 11 is 0. The minimum atomic E-state index is -0.462. The Bertz CT molecular complexity index is 658. The molecule has 1 aliphatic rings. The van der Waals surface area contributed by atoms with Crippen LogP contribution in [0.4, 0.5) is 4.79 Å². The quantitative estimate of drug-likeness (QED) is 0.815. The number of hydrogen-bond donors (Lipinski definition) is 0. The van der Waals surface area contributed by atoms with Crippen LogP contribution in [0.15, 0.2) is 54.9 Å². The zero-order chi connectivity index (χ0) is 17.9. The second kappa shape index (κ2) is 6.87. The molecular formula is C21H26N2O2. The van der Waals surface area contributed by atoms with Crippen LogP contribution in [0.2, 0.25) is 0 Å². The Balaban J connectivity index is 1.84. The predicted octanol–water partition coefficient (Wildman–Crippen LogP) is 4.40.